The summed E-state index contributed by atoms with van der Waals surface area (Å²) in [6.07, 6.45) is 0.400. The molecule has 2 heterocycles. The molecule has 0 N–H and O–H groups in total. The smallest absolute Gasteiger partial charge is 0.250 e. The fraction of sp³-hybridized carbons (Fsp3) is 0.136. The van der Waals surface area contributed by atoms with Crippen LogP contribution in [0, 0.1) is 0 Å². The minimum absolute atomic E-state index is 0.0269. The zero-order valence-electron chi connectivity index (χ0n) is 15.2. The lowest BCUT2D eigenvalue weighted by molar-refractivity contribution is 0.0868. The van der Waals surface area contributed by atoms with Crippen molar-refractivity contribution >= 4 is 28.4 Å². The third kappa shape index (κ3) is 2.86. The second-order valence-electron chi connectivity index (χ2n) is 6.63. The first-order chi connectivity index (χ1) is 13.7. The van der Waals surface area contributed by atoms with Gasteiger partial charge in [0.1, 0.15) is 5.75 Å². The summed E-state index contributed by atoms with van der Waals surface area (Å²) in [4.78, 5) is 17.4. The number of aromatic nitrogens is 3. The summed E-state index contributed by atoms with van der Waals surface area (Å²) in [5, 5.41) is 7.47. The molecule has 0 fully saturated rings. The van der Waals surface area contributed by atoms with Gasteiger partial charge in [-0.25, -0.2) is 4.98 Å². The third-order valence-corrected chi connectivity index (χ3v) is 6.12. The highest BCUT2D eigenvalue weighted by atomic mass is 32.2. The third-order valence-electron chi connectivity index (χ3n) is 4.94. The second-order valence-corrected chi connectivity index (χ2v) is 7.80. The van der Waals surface area contributed by atoms with Gasteiger partial charge in [-0.15, -0.1) is 5.10 Å². The molecule has 0 radical (unpaired) electrons. The van der Waals surface area contributed by atoms with Crippen LogP contribution in [0.2, 0.25) is 0 Å². The maximum absolute atomic E-state index is 12.8. The molecule has 0 unspecified atom stereocenters. The van der Waals surface area contributed by atoms with E-state index < -0.39 is 0 Å². The van der Waals surface area contributed by atoms with Crippen LogP contribution in [0.4, 0.5) is 0 Å². The van der Waals surface area contributed by atoms with Crippen molar-refractivity contribution in [2.45, 2.75) is 16.8 Å². The molecule has 5 rings (SSSR count). The number of carbonyl (C=O) groups excluding carboxylic acids is 1. The average Bonchev–Trinajstić information content (AvgIpc) is 3.18. The van der Waals surface area contributed by atoms with E-state index in [0.717, 1.165) is 16.9 Å². The Kier molecular flexibility index (Phi) is 4.13. The van der Waals surface area contributed by atoms with Crippen LogP contribution >= 0.6 is 11.8 Å². The van der Waals surface area contributed by atoms with Gasteiger partial charge in [-0.1, -0.05) is 54.2 Å². The number of carbonyl (C=O) groups is 1. The molecule has 5 nitrogen and oxygen atoms in total. The molecule has 4 aromatic rings. The Morgan fingerprint density at radius 1 is 1.04 bits per heavy atom. The van der Waals surface area contributed by atoms with E-state index in [1.165, 1.54) is 15.5 Å². The standard InChI is InChI=1S/C22H17N3O2S/c1-27-16-11-9-15(10-12-16)21-23-22-25(24-21)20(26)13-19(28-22)18-8-4-6-14-5-2-3-7-17(14)18/h2-12,19H,13H2,1H3/t19-/m1/s1. The van der Waals surface area contributed by atoms with Gasteiger partial charge in [0, 0.05) is 17.2 Å². The predicted octanol–water partition coefficient (Wildman–Crippen LogP) is 4.98. The number of nitrogens with zero attached hydrogens (tertiary/aromatic N) is 3. The second kappa shape index (κ2) is 6.80. The fourth-order valence-corrected chi connectivity index (χ4v) is 4.71. The highest BCUT2D eigenvalue weighted by Crippen LogP contribution is 2.43. The number of ether oxygens (including phenoxy) is 1. The Morgan fingerprint density at radius 2 is 1.82 bits per heavy atom. The van der Waals surface area contributed by atoms with E-state index in [1.54, 1.807) is 18.9 Å². The largest absolute Gasteiger partial charge is 0.497 e. The normalized spacial score (nSPS) is 16.2. The van der Waals surface area contributed by atoms with Crippen LogP contribution in [0.1, 0.15) is 22.0 Å². The first-order valence-electron chi connectivity index (χ1n) is 9.02. The van der Waals surface area contributed by atoms with Gasteiger partial charge in [-0.3, -0.25) is 4.79 Å². The zero-order valence-corrected chi connectivity index (χ0v) is 16.0. The predicted molar refractivity (Wildman–Crippen MR) is 110 cm³/mol. The summed E-state index contributed by atoms with van der Waals surface area (Å²) < 4.78 is 6.63. The number of hydrogen-bond acceptors (Lipinski definition) is 5. The van der Waals surface area contributed by atoms with Gasteiger partial charge in [-0.05, 0) is 40.6 Å². The summed E-state index contributed by atoms with van der Waals surface area (Å²) in [5.74, 6) is 1.30. The molecular weight excluding hydrogens is 370 g/mol. The van der Waals surface area contributed by atoms with E-state index in [9.17, 15) is 4.79 Å². The molecule has 0 aliphatic carbocycles. The van der Waals surface area contributed by atoms with Gasteiger partial charge in [0.05, 0.1) is 7.11 Å². The van der Waals surface area contributed by atoms with Gasteiger partial charge in [0.2, 0.25) is 0 Å². The number of hydrogen-bond donors (Lipinski definition) is 0. The maximum atomic E-state index is 12.8. The monoisotopic (exact) mass is 387 g/mol. The minimum atomic E-state index is -0.0288. The minimum Gasteiger partial charge on any atom is -0.497 e. The topological polar surface area (TPSA) is 57.0 Å². The lowest BCUT2D eigenvalue weighted by Crippen LogP contribution is -2.21. The van der Waals surface area contributed by atoms with E-state index in [2.05, 4.69) is 34.3 Å². The summed E-state index contributed by atoms with van der Waals surface area (Å²) >= 11 is 1.60. The van der Waals surface area contributed by atoms with Crippen LogP contribution in [0.25, 0.3) is 22.2 Å². The molecule has 138 valence electrons. The molecule has 1 aliphatic heterocycles. The highest BCUT2D eigenvalue weighted by molar-refractivity contribution is 7.99. The first-order valence-corrected chi connectivity index (χ1v) is 9.90. The number of methoxy groups -OCH3 is 1. The van der Waals surface area contributed by atoms with E-state index >= 15 is 0 Å². The van der Waals surface area contributed by atoms with Crippen molar-refractivity contribution in [3.8, 4) is 17.1 Å². The molecule has 1 aromatic heterocycles. The Bertz CT molecular complexity index is 1180. The number of fused-ring (bicyclic) bond motifs is 2. The Balaban J connectivity index is 1.51. The molecule has 0 saturated carbocycles. The lowest BCUT2D eigenvalue weighted by atomic mass is 10.0. The maximum Gasteiger partial charge on any atom is 0.250 e. The van der Waals surface area contributed by atoms with Gasteiger partial charge in [0.25, 0.3) is 5.91 Å². The number of thioether (sulfide) groups is 1. The van der Waals surface area contributed by atoms with Crippen molar-refractivity contribution in [1.82, 2.24) is 14.8 Å². The molecule has 1 aliphatic rings. The van der Waals surface area contributed by atoms with Gasteiger partial charge in [0.15, 0.2) is 11.0 Å². The molecule has 6 heteroatoms. The molecule has 3 aromatic carbocycles. The molecule has 28 heavy (non-hydrogen) atoms. The zero-order chi connectivity index (χ0) is 19.1. The molecule has 1 atom stereocenters. The summed E-state index contributed by atoms with van der Waals surface area (Å²) in [7, 11) is 1.63. The van der Waals surface area contributed by atoms with E-state index in [1.807, 2.05) is 42.5 Å². The highest BCUT2D eigenvalue weighted by Gasteiger charge is 2.30. The quantitative estimate of drug-likeness (QED) is 0.496. The van der Waals surface area contributed by atoms with Crippen LogP contribution in [0.3, 0.4) is 0 Å². The first kappa shape index (κ1) is 17.0. The molecule has 0 saturated heterocycles. The molecular formula is C22H17N3O2S. The van der Waals surface area contributed by atoms with Crippen molar-refractivity contribution < 1.29 is 9.53 Å². The Morgan fingerprint density at radius 3 is 2.64 bits per heavy atom. The van der Waals surface area contributed by atoms with E-state index in [4.69, 9.17) is 4.74 Å². The SMILES string of the molecule is COc1ccc(-c2nc3n(n2)C(=O)C[C@H](c2cccc4ccccc24)S3)cc1. The van der Waals surface area contributed by atoms with E-state index in [-0.39, 0.29) is 11.2 Å². The van der Waals surface area contributed by atoms with Crippen molar-refractivity contribution in [3.05, 3.63) is 72.3 Å². The Labute approximate surface area is 166 Å². The average molecular weight is 387 g/mol. The van der Waals surface area contributed by atoms with Crippen molar-refractivity contribution in [2.24, 2.45) is 0 Å². The van der Waals surface area contributed by atoms with Crippen molar-refractivity contribution in [2.75, 3.05) is 7.11 Å². The van der Waals surface area contributed by atoms with Gasteiger partial charge < -0.3 is 4.74 Å². The van der Waals surface area contributed by atoms with Crippen LogP contribution in [0.5, 0.6) is 5.75 Å². The van der Waals surface area contributed by atoms with Crippen molar-refractivity contribution in [1.29, 1.82) is 0 Å². The fourth-order valence-electron chi connectivity index (χ4n) is 3.52. The summed E-state index contributed by atoms with van der Waals surface area (Å²) in [5.41, 5.74) is 2.02. The molecule has 0 spiro atoms. The number of rotatable bonds is 3. The molecule has 0 amide bonds. The van der Waals surface area contributed by atoms with Crippen LogP contribution < -0.4 is 4.74 Å². The molecule has 0 bridgehead atoms. The lowest BCUT2D eigenvalue weighted by Gasteiger charge is -2.21. The van der Waals surface area contributed by atoms with Gasteiger partial charge in [-0.2, -0.15) is 4.68 Å². The van der Waals surface area contributed by atoms with Crippen molar-refractivity contribution in [3.63, 3.8) is 0 Å². The Hall–Kier alpha value is -3.12. The summed E-state index contributed by atoms with van der Waals surface area (Å²) in [6.45, 7) is 0. The van der Waals surface area contributed by atoms with Crippen LogP contribution in [0.15, 0.2) is 71.9 Å². The van der Waals surface area contributed by atoms with Crippen LogP contribution in [-0.2, 0) is 0 Å². The summed E-state index contributed by atoms with van der Waals surface area (Å²) in [6, 6.07) is 22.0. The van der Waals surface area contributed by atoms with Crippen LogP contribution in [-0.4, -0.2) is 27.8 Å². The van der Waals surface area contributed by atoms with E-state index in [0.29, 0.717) is 17.4 Å². The van der Waals surface area contributed by atoms with Gasteiger partial charge >= 0.3 is 0 Å². The number of benzene rings is 3.